The van der Waals surface area contributed by atoms with E-state index in [1.807, 2.05) is 6.92 Å². The van der Waals surface area contributed by atoms with E-state index in [2.05, 4.69) is 6.92 Å². The van der Waals surface area contributed by atoms with Crippen molar-refractivity contribution in [3.8, 4) is 0 Å². The van der Waals surface area contributed by atoms with Gasteiger partial charge in [-0.2, -0.15) is 0 Å². The summed E-state index contributed by atoms with van der Waals surface area (Å²) in [4.78, 5) is 0. The average Bonchev–Trinajstić information content (AvgIpc) is 2.44. The minimum Gasteiger partial charge on any atom is -0.633 e. The zero-order valence-electron chi connectivity index (χ0n) is 14.0. The molecule has 0 aromatic heterocycles. The molecular formula is C17H38N2O. The van der Waals surface area contributed by atoms with Gasteiger partial charge >= 0.3 is 0 Å². The molecule has 3 N–H and O–H groups in total. The fraction of sp³-hybridized carbons (Fsp3) is 1.00. The Balaban J connectivity index is 3.16. The third-order valence-corrected chi connectivity index (χ3v) is 4.03. The minimum absolute atomic E-state index is 0.200. The molecule has 0 aliphatic heterocycles. The number of quaternary nitrogens is 1. The van der Waals surface area contributed by atoms with Crippen LogP contribution in [0.2, 0.25) is 0 Å². The first kappa shape index (κ1) is 19.9. The molecule has 0 rings (SSSR count). The number of unbranched alkanes of at least 4 members (excludes halogenated alkanes) is 10. The predicted octanol–water partition coefficient (Wildman–Crippen LogP) is 3.77. The number of hydrogen-bond donors (Lipinski definition) is 2. The summed E-state index contributed by atoms with van der Waals surface area (Å²) in [6.07, 6.45) is 16.4. The number of nitrogens with one attached hydrogen (secondary N) is 1. The molecule has 0 aliphatic rings. The van der Waals surface area contributed by atoms with E-state index in [1.54, 1.807) is 0 Å². The highest BCUT2D eigenvalue weighted by atomic mass is 16.5. The molecule has 0 bridgehead atoms. The Morgan fingerprint density at radius 1 is 0.750 bits per heavy atom. The zero-order valence-corrected chi connectivity index (χ0v) is 14.0. The summed E-state index contributed by atoms with van der Waals surface area (Å²) < 4.78 is 0. The van der Waals surface area contributed by atoms with Gasteiger partial charge in [-0.25, -0.2) is 0 Å². The van der Waals surface area contributed by atoms with Gasteiger partial charge in [-0.1, -0.05) is 78.1 Å². The van der Waals surface area contributed by atoms with Gasteiger partial charge in [0.25, 0.3) is 0 Å². The molecule has 0 saturated carbocycles. The van der Waals surface area contributed by atoms with Crippen molar-refractivity contribution in [2.75, 3.05) is 6.54 Å². The molecule has 0 aliphatic carbocycles. The van der Waals surface area contributed by atoms with Crippen molar-refractivity contribution in [1.82, 2.24) is 0 Å². The van der Waals surface area contributed by atoms with E-state index in [-0.39, 0.29) is 11.2 Å². The van der Waals surface area contributed by atoms with Gasteiger partial charge in [-0.05, 0) is 12.8 Å². The van der Waals surface area contributed by atoms with Crippen molar-refractivity contribution >= 4 is 0 Å². The third-order valence-electron chi connectivity index (χ3n) is 4.03. The summed E-state index contributed by atoms with van der Waals surface area (Å²) in [6.45, 7) is 4.95. The zero-order chi connectivity index (χ0) is 15.1. The van der Waals surface area contributed by atoms with E-state index in [9.17, 15) is 5.21 Å². The van der Waals surface area contributed by atoms with Crippen LogP contribution in [0.15, 0.2) is 0 Å². The molecule has 0 aromatic rings. The van der Waals surface area contributed by atoms with Crippen LogP contribution >= 0.6 is 0 Å². The maximum atomic E-state index is 11.5. The largest absolute Gasteiger partial charge is 0.633 e. The van der Waals surface area contributed by atoms with Crippen molar-refractivity contribution in [2.24, 2.45) is 5.73 Å². The summed E-state index contributed by atoms with van der Waals surface area (Å²) in [5, 5.41) is 11.8. The van der Waals surface area contributed by atoms with Gasteiger partial charge in [0.15, 0.2) is 0 Å². The van der Waals surface area contributed by atoms with E-state index in [4.69, 9.17) is 5.73 Å². The van der Waals surface area contributed by atoms with Gasteiger partial charge in [0.1, 0.15) is 6.17 Å². The summed E-state index contributed by atoms with van der Waals surface area (Å²) >= 11 is 0. The van der Waals surface area contributed by atoms with Crippen LogP contribution in [-0.4, -0.2) is 12.7 Å². The summed E-state index contributed by atoms with van der Waals surface area (Å²) in [5.41, 5.74) is 5.87. The lowest BCUT2D eigenvalue weighted by atomic mass is 10.0. The average molecular weight is 287 g/mol. The molecule has 3 nitrogen and oxygen atoms in total. The van der Waals surface area contributed by atoms with E-state index in [1.165, 1.54) is 64.2 Å². The molecule has 0 aromatic carbocycles. The van der Waals surface area contributed by atoms with Crippen LogP contribution in [-0.2, 0) is 0 Å². The molecule has 2 unspecified atom stereocenters. The molecule has 122 valence electrons. The molecule has 3 heteroatoms. The Labute approximate surface area is 126 Å². The molecular weight excluding hydrogens is 248 g/mol. The maximum Gasteiger partial charge on any atom is 0.138 e. The van der Waals surface area contributed by atoms with Crippen molar-refractivity contribution < 1.29 is 5.06 Å². The fourth-order valence-electron chi connectivity index (χ4n) is 2.62. The van der Waals surface area contributed by atoms with Crippen LogP contribution in [0.3, 0.4) is 0 Å². The Bertz CT molecular complexity index is 188. The van der Waals surface area contributed by atoms with Gasteiger partial charge in [0.05, 0.1) is 6.54 Å². The van der Waals surface area contributed by atoms with Crippen LogP contribution < -0.4 is 10.8 Å². The molecule has 2 atom stereocenters. The Hall–Kier alpha value is -0.120. The second-order valence-corrected chi connectivity index (χ2v) is 6.15. The molecule has 0 spiro atoms. The van der Waals surface area contributed by atoms with Crippen molar-refractivity contribution in [3.63, 3.8) is 0 Å². The highest BCUT2D eigenvalue weighted by molar-refractivity contribution is 4.51. The standard InChI is InChI=1S/C17H38N2O/c1-3-5-6-7-8-9-10-11-12-13-14-15-17(18)19(20)16-4-2/h17,19H,3-16,18H2,1-2H3. The van der Waals surface area contributed by atoms with Crippen molar-refractivity contribution in [3.05, 3.63) is 5.21 Å². The quantitative estimate of drug-likeness (QED) is 0.273. The van der Waals surface area contributed by atoms with Gasteiger partial charge in [0, 0.05) is 6.42 Å². The minimum atomic E-state index is -0.200. The maximum absolute atomic E-state index is 11.5. The molecule has 20 heavy (non-hydrogen) atoms. The smallest absolute Gasteiger partial charge is 0.138 e. The fourth-order valence-corrected chi connectivity index (χ4v) is 2.62. The van der Waals surface area contributed by atoms with E-state index in [0.29, 0.717) is 6.54 Å². The first-order chi connectivity index (χ1) is 9.72. The van der Waals surface area contributed by atoms with Gasteiger partial charge in [-0.3, -0.25) is 5.73 Å². The number of hydroxylamine groups is 2. The van der Waals surface area contributed by atoms with Crippen LogP contribution in [0.1, 0.15) is 97.3 Å². The molecule has 0 amide bonds. The van der Waals surface area contributed by atoms with E-state index >= 15 is 0 Å². The van der Waals surface area contributed by atoms with E-state index in [0.717, 1.165) is 19.3 Å². The van der Waals surface area contributed by atoms with Crippen LogP contribution in [0.25, 0.3) is 0 Å². The molecule has 0 heterocycles. The first-order valence-electron chi connectivity index (χ1n) is 9.00. The van der Waals surface area contributed by atoms with Crippen LogP contribution in [0.5, 0.6) is 0 Å². The second-order valence-electron chi connectivity index (χ2n) is 6.15. The van der Waals surface area contributed by atoms with Crippen molar-refractivity contribution in [2.45, 2.75) is 103 Å². The third kappa shape index (κ3) is 12.9. The topological polar surface area (TPSA) is 53.5 Å². The SMILES string of the molecule is CCCCCCCCCCCCCC(N)[NH+]([O-])CCC. The first-order valence-corrected chi connectivity index (χ1v) is 9.00. The summed E-state index contributed by atoms with van der Waals surface area (Å²) in [5.74, 6) is 0. The van der Waals surface area contributed by atoms with E-state index < -0.39 is 0 Å². The Morgan fingerprint density at radius 3 is 1.65 bits per heavy atom. The predicted molar refractivity (Wildman–Crippen MR) is 88.5 cm³/mol. The van der Waals surface area contributed by atoms with Gasteiger partial charge in [0.2, 0.25) is 0 Å². The lowest BCUT2D eigenvalue weighted by Crippen LogP contribution is -3.13. The second kappa shape index (κ2) is 15.3. The summed E-state index contributed by atoms with van der Waals surface area (Å²) in [6, 6.07) is 0. The number of rotatable bonds is 15. The lowest BCUT2D eigenvalue weighted by molar-refractivity contribution is -0.875. The van der Waals surface area contributed by atoms with Gasteiger partial charge < -0.3 is 10.3 Å². The Kier molecular flexibility index (Phi) is 15.2. The van der Waals surface area contributed by atoms with Crippen molar-refractivity contribution in [1.29, 1.82) is 0 Å². The van der Waals surface area contributed by atoms with Crippen LogP contribution in [0.4, 0.5) is 0 Å². The van der Waals surface area contributed by atoms with Gasteiger partial charge in [-0.15, -0.1) is 0 Å². The lowest BCUT2D eigenvalue weighted by Gasteiger charge is -2.28. The molecule has 0 saturated heterocycles. The number of nitrogens with two attached hydrogens (primary N) is 1. The molecule has 0 radical (unpaired) electrons. The monoisotopic (exact) mass is 286 g/mol. The normalized spacial score (nSPS) is 14.4. The highest BCUT2D eigenvalue weighted by Crippen LogP contribution is 2.11. The Morgan fingerprint density at radius 2 is 1.20 bits per heavy atom. The summed E-state index contributed by atoms with van der Waals surface area (Å²) in [7, 11) is 0. The van der Waals surface area contributed by atoms with Crippen LogP contribution in [0, 0.1) is 5.21 Å². The molecule has 0 fully saturated rings. The number of hydrogen-bond acceptors (Lipinski definition) is 2. The highest BCUT2D eigenvalue weighted by Gasteiger charge is 2.07.